The Morgan fingerprint density at radius 1 is 1.43 bits per heavy atom. The van der Waals surface area contributed by atoms with Crippen LogP contribution in [0.5, 0.6) is 0 Å². The van der Waals surface area contributed by atoms with Crippen LogP contribution in [0.15, 0.2) is 18.2 Å². The molecule has 0 atom stereocenters. The standard InChI is InChI=1S/C17H22N2O2/c1-13-4-5-15(3-2-8-18)16(11-13)17(21)19-9-6-14(12-20)7-10-19/h4-5,11,14,20H,6-10,12,18H2,1H3. The summed E-state index contributed by atoms with van der Waals surface area (Å²) in [5.74, 6) is 6.14. The van der Waals surface area contributed by atoms with Crippen LogP contribution in [0.25, 0.3) is 0 Å². The van der Waals surface area contributed by atoms with Crippen LogP contribution in [0.1, 0.15) is 34.3 Å². The quantitative estimate of drug-likeness (QED) is 0.802. The van der Waals surface area contributed by atoms with E-state index in [0.717, 1.165) is 24.0 Å². The first-order valence-corrected chi connectivity index (χ1v) is 7.35. The molecule has 1 fully saturated rings. The second-order valence-electron chi connectivity index (χ2n) is 5.47. The third kappa shape index (κ3) is 3.84. The molecule has 0 radical (unpaired) electrons. The molecule has 1 saturated heterocycles. The van der Waals surface area contributed by atoms with Gasteiger partial charge in [-0.05, 0) is 37.8 Å². The average molecular weight is 286 g/mol. The number of hydrogen-bond donors (Lipinski definition) is 2. The number of nitrogens with zero attached hydrogens (tertiary/aromatic N) is 1. The van der Waals surface area contributed by atoms with E-state index in [1.807, 2.05) is 30.0 Å². The van der Waals surface area contributed by atoms with Gasteiger partial charge in [0.15, 0.2) is 0 Å². The predicted octanol–water partition coefficient (Wildman–Crippen LogP) is 1.15. The second kappa shape index (κ2) is 7.26. The van der Waals surface area contributed by atoms with E-state index >= 15 is 0 Å². The van der Waals surface area contributed by atoms with E-state index in [9.17, 15) is 9.90 Å². The van der Waals surface area contributed by atoms with Crippen molar-refractivity contribution in [2.24, 2.45) is 11.7 Å². The number of piperidine rings is 1. The minimum atomic E-state index is 0.0245. The Hall–Kier alpha value is -1.83. The SMILES string of the molecule is Cc1ccc(C#CCN)c(C(=O)N2CCC(CO)CC2)c1. The molecule has 4 nitrogen and oxygen atoms in total. The average Bonchev–Trinajstić information content (AvgIpc) is 2.53. The molecule has 2 rings (SSSR count). The summed E-state index contributed by atoms with van der Waals surface area (Å²) in [6, 6.07) is 5.72. The van der Waals surface area contributed by atoms with Crippen molar-refractivity contribution in [2.75, 3.05) is 26.2 Å². The molecule has 0 saturated carbocycles. The molecule has 1 heterocycles. The monoisotopic (exact) mass is 286 g/mol. The lowest BCUT2D eigenvalue weighted by molar-refractivity contribution is 0.0650. The van der Waals surface area contributed by atoms with Gasteiger partial charge in [0.05, 0.1) is 12.1 Å². The number of benzene rings is 1. The first kappa shape index (κ1) is 15.6. The number of carbonyl (C=O) groups is 1. The normalized spacial score (nSPS) is 15.5. The molecule has 1 aliphatic heterocycles. The van der Waals surface area contributed by atoms with Gasteiger partial charge in [0.1, 0.15) is 0 Å². The molecule has 0 aromatic heterocycles. The lowest BCUT2D eigenvalue weighted by Gasteiger charge is -2.31. The summed E-state index contributed by atoms with van der Waals surface area (Å²) in [5.41, 5.74) is 7.84. The van der Waals surface area contributed by atoms with Gasteiger partial charge >= 0.3 is 0 Å². The Kier molecular flexibility index (Phi) is 5.38. The maximum absolute atomic E-state index is 12.7. The largest absolute Gasteiger partial charge is 0.396 e. The third-order valence-electron chi connectivity index (χ3n) is 3.89. The summed E-state index contributed by atoms with van der Waals surface area (Å²) in [7, 11) is 0. The number of likely N-dealkylation sites (tertiary alicyclic amines) is 1. The van der Waals surface area contributed by atoms with Crippen molar-refractivity contribution in [3.8, 4) is 11.8 Å². The third-order valence-corrected chi connectivity index (χ3v) is 3.89. The highest BCUT2D eigenvalue weighted by Gasteiger charge is 2.24. The lowest BCUT2D eigenvalue weighted by atomic mass is 9.96. The van der Waals surface area contributed by atoms with Crippen LogP contribution >= 0.6 is 0 Å². The molecule has 0 bridgehead atoms. The highest BCUT2D eigenvalue weighted by atomic mass is 16.3. The first-order chi connectivity index (χ1) is 10.2. The smallest absolute Gasteiger partial charge is 0.255 e. The van der Waals surface area contributed by atoms with Gasteiger partial charge in [-0.1, -0.05) is 23.5 Å². The molecule has 1 aromatic carbocycles. The molecular weight excluding hydrogens is 264 g/mol. The first-order valence-electron chi connectivity index (χ1n) is 7.35. The van der Waals surface area contributed by atoms with E-state index in [2.05, 4.69) is 11.8 Å². The van der Waals surface area contributed by atoms with Crippen molar-refractivity contribution in [2.45, 2.75) is 19.8 Å². The fourth-order valence-electron chi connectivity index (χ4n) is 2.58. The van der Waals surface area contributed by atoms with Crippen molar-refractivity contribution >= 4 is 5.91 Å². The molecule has 1 aromatic rings. The van der Waals surface area contributed by atoms with Crippen LogP contribution < -0.4 is 5.73 Å². The fourth-order valence-corrected chi connectivity index (χ4v) is 2.58. The molecule has 4 heteroatoms. The number of nitrogens with two attached hydrogens (primary N) is 1. The van der Waals surface area contributed by atoms with Gasteiger partial charge in [-0.2, -0.15) is 0 Å². The van der Waals surface area contributed by atoms with Crippen LogP contribution in [0.2, 0.25) is 0 Å². The maximum Gasteiger partial charge on any atom is 0.255 e. The molecule has 112 valence electrons. The highest BCUT2D eigenvalue weighted by Crippen LogP contribution is 2.20. The minimum absolute atomic E-state index is 0.0245. The van der Waals surface area contributed by atoms with Crippen LogP contribution in [0, 0.1) is 24.7 Å². The van der Waals surface area contributed by atoms with E-state index in [0.29, 0.717) is 24.6 Å². The molecule has 0 unspecified atom stereocenters. The van der Waals surface area contributed by atoms with Crippen molar-refractivity contribution < 1.29 is 9.90 Å². The molecule has 3 N–H and O–H groups in total. The summed E-state index contributed by atoms with van der Waals surface area (Å²) >= 11 is 0. The van der Waals surface area contributed by atoms with Gasteiger partial charge in [0.2, 0.25) is 0 Å². The topological polar surface area (TPSA) is 66.6 Å². The van der Waals surface area contributed by atoms with Gasteiger partial charge < -0.3 is 15.7 Å². The number of rotatable bonds is 2. The fraction of sp³-hybridized carbons (Fsp3) is 0.471. The number of aliphatic hydroxyl groups excluding tert-OH is 1. The van der Waals surface area contributed by atoms with E-state index in [1.165, 1.54) is 0 Å². The van der Waals surface area contributed by atoms with Crippen LogP contribution in [-0.4, -0.2) is 42.2 Å². The summed E-state index contributed by atoms with van der Waals surface area (Å²) in [6.07, 6.45) is 1.72. The minimum Gasteiger partial charge on any atom is -0.396 e. The summed E-state index contributed by atoms with van der Waals surface area (Å²) in [4.78, 5) is 14.6. The molecule has 1 aliphatic rings. The summed E-state index contributed by atoms with van der Waals surface area (Å²) in [6.45, 7) is 3.85. The van der Waals surface area contributed by atoms with Crippen molar-refractivity contribution in [3.05, 3.63) is 34.9 Å². The van der Waals surface area contributed by atoms with E-state index in [1.54, 1.807) is 0 Å². The predicted molar refractivity (Wildman–Crippen MR) is 82.8 cm³/mol. The molecule has 0 aliphatic carbocycles. The lowest BCUT2D eigenvalue weighted by Crippen LogP contribution is -2.39. The van der Waals surface area contributed by atoms with Crippen molar-refractivity contribution in [1.29, 1.82) is 0 Å². The molecule has 0 spiro atoms. The van der Waals surface area contributed by atoms with Crippen LogP contribution in [-0.2, 0) is 0 Å². The van der Waals surface area contributed by atoms with Gasteiger partial charge in [-0.15, -0.1) is 0 Å². The maximum atomic E-state index is 12.7. The number of aliphatic hydroxyl groups is 1. The number of hydrogen-bond acceptors (Lipinski definition) is 3. The number of amides is 1. The van der Waals surface area contributed by atoms with E-state index in [4.69, 9.17) is 5.73 Å². The Morgan fingerprint density at radius 2 is 2.14 bits per heavy atom. The van der Waals surface area contributed by atoms with Crippen molar-refractivity contribution in [3.63, 3.8) is 0 Å². The Bertz CT molecular complexity index is 564. The Morgan fingerprint density at radius 3 is 2.76 bits per heavy atom. The zero-order valence-corrected chi connectivity index (χ0v) is 12.4. The summed E-state index contributed by atoms with van der Waals surface area (Å²) < 4.78 is 0. The van der Waals surface area contributed by atoms with Gasteiger partial charge in [0, 0.05) is 25.3 Å². The van der Waals surface area contributed by atoms with Gasteiger partial charge in [-0.3, -0.25) is 4.79 Å². The summed E-state index contributed by atoms with van der Waals surface area (Å²) in [5, 5.41) is 9.18. The Labute approximate surface area is 125 Å². The molecule has 21 heavy (non-hydrogen) atoms. The van der Waals surface area contributed by atoms with Crippen LogP contribution in [0.3, 0.4) is 0 Å². The number of aryl methyl sites for hydroxylation is 1. The van der Waals surface area contributed by atoms with E-state index < -0.39 is 0 Å². The van der Waals surface area contributed by atoms with Gasteiger partial charge in [-0.25, -0.2) is 0 Å². The highest BCUT2D eigenvalue weighted by molar-refractivity contribution is 5.97. The zero-order valence-electron chi connectivity index (χ0n) is 12.4. The molecular formula is C17H22N2O2. The van der Waals surface area contributed by atoms with Crippen LogP contribution in [0.4, 0.5) is 0 Å². The Balaban J connectivity index is 2.20. The van der Waals surface area contributed by atoms with Crippen molar-refractivity contribution in [1.82, 2.24) is 4.90 Å². The van der Waals surface area contributed by atoms with E-state index in [-0.39, 0.29) is 19.1 Å². The molecule has 1 amide bonds. The zero-order chi connectivity index (χ0) is 15.2. The number of carbonyl (C=O) groups excluding carboxylic acids is 1. The van der Waals surface area contributed by atoms with Gasteiger partial charge in [0.25, 0.3) is 5.91 Å². The second-order valence-corrected chi connectivity index (χ2v) is 5.47.